The average molecular weight is 310 g/mol. The van der Waals surface area contributed by atoms with Crippen molar-refractivity contribution in [2.24, 2.45) is 4.99 Å². The fraction of sp³-hybridized carbons (Fsp3) is 0.235. The van der Waals surface area contributed by atoms with Crippen LogP contribution in [0.1, 0.15) is 17.6 Å². The number of thiazole rings is 1. The highest BCUT2D eigenvalue weighted by molar-refractivity contribution is 7.18. The molecule has 0 aliphatic rings. The Bertz CT molecular complexity index is 787. The molecule has 3 aromatic rings. The standard InChI is InChI=1S/C17H18N4S/c1-12(17-14(21(2)3)8-6-10-18-17)19-11-16-20-13-7-4-5-9-15(13)22-16/h4-10H,11H2,1-3H3. The van der Waals surface area contributed by atoms with Crippen molar-refractivity contribution in [1.29, 1.82) is 0 Å². The molecule has 0 N–H and O–H groups in total. The first-order chi connectivity index (χ1) is 10.6. The smallest absolute Gasteiger partial charge is 0.115 e. The summed E-state index contributed by atoms with van der Waals surface area (Å²) in [7, 11) is 4.03. The monoisotopic (exact) mass is 310 g/mol. The molecule has 0 atom stereocenters. The summed E-state index contributed by atoms with van der Waals surface area (Å²) in [5, 5.41) is 1.03. The second-order valence-electron chi connectivity index (χ2n) is 5.24. The van der Waals surface area contributed by atoms with Crippen LogP contribution in [0.3, 0.4) is 0 Å². The van der Waals surface area contributed by atoms with Crippen LogP contribution >= 0.6 is 11.3 Å². The SMILES string of the molecule is CC(=NCc1nc2ccccc2s1)c1ncccc1N(C)C. The first-order valence-electron chi connectivity index (χ1n) is 7.13. The third kappa shape index (κ3) is 2.99. The van der Waals surface area contributed by atoms with Crippen molar-refractivity contribution < 1.29 is 0 Å². The fourth-order valence-electron chi connectivity index (χ4n) is 2.29. The van der Waals surface area contributed by atoms with E-state index in [4.69, 9.17) is 0 Å². The van der Waals surface area contributed by atoms with Gasteiger partial charge in [-0.15, -0.1) is 11.3 Å². The van der Waals surface area contributed by atoms with Gasteiger partial charge in [0.2, 0.25) is 0 Å². The quantitative estimate of drug-likeness (QED) is 0.689. The summed E-state index contributed by atoms with van der Waals surface area (Å²) >= 11 is 1.70. The van der Waals surface area contributed by atoms with Crippen molar-refractivity contribution >= 4 is 33.0 Å². The molecule has 1 aromatic carbocycles. The largest absolute Gasteiger partial charge is 0.376 e. The van der Waals surface area contributed by atoms with Gasteiger partial charge < -0.3 is 4.90 Å². The van der Waals surface area contributed by atoms with E-state index in [0.717, 1.165) is 27.6 Å². The summed E-state index contributed by atoms with van der Waals surface area (Å²) in [5.74, 6) is 0. The van der Waals surface area contributed by atoms with Crippen molar-refractivity contribution in [2.75, 3.05) is 19.0 Å². The van der Waals surface area contributed by atoms with E-state index in [-0.39, 0.29) is 0 Å². The van der Waals surface area contributed by atoms with Crippen LogP contribution in [0.5, 0.6) is 0 Å². The lowest BCUT2D eigenvalue weighted by Crippen LogP contribution is -2.14. The Kier molecular flexibility index (Phi) is 4.15. The van der Waals surface area contributed by atoms with Crippen LogP contribution < -0.4 is 4.90 Å². The molecule has 2 heterocycles. The van der Waals surface area contributed by atoms with Gasteiger partial charge in [0.05, 0.1) is 28.2 Å². The molecule has 0 unspecified atom stereocenters. The van der Waals surface area contributed by atoms with Crippen LogP contribution in [0.15, 0.2) is 47.6 Å². The minimum atomic E-state index is 0.592. The van der Waals surface area contributed by atoms with Gasteiger partial charge in [-0.25, -0.2) is 4.98 Å². The van der Waals surface area contributed by atoms with E-state index in [9.17, 15) is 0 Å². The van der Waals surface area contributed by atoms with Gasteiger partial charge >= 0.3 is 0 Å². The zero-order valence-corrected chi connectivity index (χ0v) is 13.8. The van der Waals surface area contributed by atoms with Gasteiger partial charge in [0.1, 0.15) is 10.7 Å². The zero-order chi connectivity index (χ0) is 15.5. The van der Waals surface area contributed by atoms with Gasteiger partial charge in [0, 0.05) is 20.3 Å². The molecule has 112 valence electrons. The summed E-state index contributed by atoms with van der Waals surface area (Å²) < 4.78 is 1.21. The number of fused-ring (bicyclic) bond motifs is 1. The highest BCUT2D eigenvalue weighted by Crippen LogP contribution is 2.22. The number of hydrogen-bond donors (Lipinski definition) is 0. The molecule has 0 amide bonds. The topological polar surface area (TPSA) is 41.4 Å². The summed E-state index contributed by atoms with van der Waals surface area (Å²) in [6, 6.07) is 12.2. The van der Waals surface area contributed by atoms with E-state index in [1.807, 2.05) is 45.3 Å². The summed E-state index contributed by atoms with van der Waals surface area (Å²) in [4.78, 5) is 15.8. The number of pyridine rings is 1. The number of para-hydroxylation sites is 1. The molecule has 0 saturated heterocycles. The van der Waals surface area contributed by atoms with Gasteiger partial charge in [-0.05, 0) is 31.2 Å². The molecule has 22 heavy (non-hydrogen) atoms. The third-order valence-corrected chi connectivity index (χ3v) is 4.42. The Morgan fingerprint density at radius 2 is 2.00 bits per heavy atom. The highest BCUT2D eigenvalue weighted by atomic mass is 32.1. The average Bonchev–Trinajstić information content (AvgIpc) is 2.95. The Labute approximate surface area is 134 Å². The number of aromatic nitrogens is 2. The summed E-state index contributed by atoms with van der Waals surface area (Å²) in [6.07, 6.45) is 1.80. The van der Waals surface area contributed by atoms with E-state index < -0.39 is 0 Å². The predicted octanol–water partition coefficient (Wildman–Crippen LogP) is 3.77. The maximum atomic E-state index is 4.68. The molecule has 0 fully saturated rings. The molecule has 4 nitrogen and oxygen atoms in total. The van der Waals surface area contributed by atoms with Gasteiger partial charge in [-0.1, -0.05) is 12.1 Å². The van der Waals surface area contributed by atoms with Crippen molar-refractivity contribution in [2.45, 2.75) is 13.5 Å². The number of aliphatic imine (C=N–C) groups is 1. The first-order valence-corrected chi connectivity index (χ1v) is 7.95. The van der Waals surface area contributed by atoms with E-state index in [1.165, 1.54) is 4.70 Å². The van der Waals surface area contributed by atoms with Crippen molar-refractivity contribution in [3.05, 3.63) is 53.3 Å². The van der Waals surface area contributed by atoms with E-state index in [1.54, 1.807) is 17.5 Å². The summed E-state index contributed by atoms with van der Waals surface area (Å²) in [5.41, 5.74) is 3.98. The molecule has 0 radical (unpaired) electrons. The van der Waals surface area contributed by atoms with Crippen LogP contribution in [0.2, 0.25) is 0 Å². The Morgan fingerprint density at radius 3 is 2.77 bits per heavy atom. The fourth-order valence-corrected chi connectivity index (χ4v) is 3.18. The molecule has 0 spiro atoms. The summed E-state index contributed by atoms with van der Waals surface area (Å²) in [6.45, 7) is 2.59. The number of nitrogens with zero attached hydrogens (tertiary/aromatic N) is 4. The highest BCUT2D eigenvalue weighted by Gasteiger charge is 2.09. The molecule has 0 aliphatic heterocycles. The molecular formula is C17H18N4S. The first kappa shape index (κ1) is 14.7. The maximum Gasteiger partial charge on any atom is 0.115 e. The van der Waals surface area contributed by atoms with Crippen molar-refractivity contribution in [1.82, 2.24) is 9.97 Å². The molecule has 2 aromatic heterocycles. The molecular weight excluding hydrogens is 292 g/mol. The Hall–Kier alpha value is -2.27. The third-order valence-electron chi connectivity index (χ3n) is 3.40. The van der Waals surface area contributed by atoms with Gasteiger partial charge in [0.25, 0.3) is 0 Å². The van der Waals surface area contributed by atoms with Crippen LogP contribution in [0.4, 0.5) is 5.69 Å². The van der Waals surface area contributed by atoms with Gasteiger partial charge in [0.15, 0.2) is 0 Å². The van der Waals surface area contributed by atoms with Crippen molar-refractivity contribution in [3.8, 4) is 0 Å². The number of benzene rings is 1. The minimum absolute atomic E-state index is 0.592. The molecule has 3 rings (SSSR count). The minimum Gasteiger partial charge on any atom is -0.376 e. The maximum absolute atomic E-state index is 4.68. The second kappa shape index (κ2) is 6.23. The predicted molar refractivity (Wildman–Crippen MR) is 94.1 cm³/mol. The van der Waals surface area contributed by atoms with Gasteiger partial charge in [-0.3, -0.25) is 9.98 Å². The second-order valence-corrected chi connectivity index (χ2v) is 6.36. The van der Waals surface area contributed by atoms with Gasteiger partial charge in [-0.2, -0.15) is 0 Å². The molecule has 0 aliphatic carbocycles. The van der Waals surface area contributed by atoms with Crippen LogP contribution in [-0.2, 0) is 6.54 Å². The van der Waals surface area contributed by atoms with E-state index >= 15 is 0 Å². The normalized spacial score (nSPS) is 11.9. The number of rotatable bonds is 4. The van der Waals surface area contributed by atoms with Crippen LogP contribution in [-0.4, -0.2) is 29.8 Å². The van der Waals surface area contributed by atoms with E-state index in [2.05, 4.69) is 32.0 Å². The lowest BCUT2D eigenvalue weighted by molar-refractivity contribution is 1.03. The zero-order valence-electron chi connectivity index (χ0n) is 12.9. The number of anilines is 1. The van der Waals surface area contributed by atoms with Crippen LogP contribution in [0, 0.1) is 0 Å². The van der Waals surface area contributed by atoms with Crippen molar-refractivity contribution in [3.63, 3.8) is 0 Å². The lowest BCUT2D eigenvalue weighted by Gasteiger charge is -2.15. The van der Waals surface area contributed by atoms with Crippen LogP contribution in [0.25, 0.3) is 10.2 Å². The molecule has 0 bridgehead atoms. The Morgan fingerprint density at radius 1 is 1.18 bits per heavy atom. The van der Waals surface area contributed by atoms with E-state index in [0.29, 0.717) is 6.54 Å². The lowest BCUT2D eigenvalue weighted by atomic mass is 10.2. The Balaban J connectivity index is 1.86. The molecule has 0 saturated carbocycles. The number of hydrogen-bond acceptors (Lipinski definition) is 5. The molecule has 5 heteroatoms.